The van der Waals surface area contributed by atoms with E-state index in [4.69, 9.17) is 5.11 Å². The van der Waals surface area contributed by atoms with Gasteiger partial charge in [0.05, 0.1) is 5.56 Å². The predicted molar refractivity (Wildman–Crippen MR) is 64.2 cm³/mol. The van der Waals surface area contributed by atoms with Gasteiger partial charge in [0, 0.05) is 13.2 Å². The number of carbonyl (C=O) groups is 1. The summed E-state index contributed by atoms with van der Waals surface area (Å²) in [4.78, 5) is 11.5. The number of aliphatic hydroxyl groups excluding tert-OH is 1. The van der Waals surface area contributed by atoms with Crippen LogP contribution in [0.4, 0.5) is 8.78 Å². The van der Waals surface area contributed by atoms with Gasteiger partial charge < -0.3 is 10.4 Å². The lowest BCUT2D eigenvalue weighted by molar-refractivity contribution is 0.0947. The zero-order valence-electron chi connectivity index (χ0n) is 10.1. The van der Waals surface area contributed by atoms with Crippen molar-refractivity contribution >= 4 is 5.91 Å². The third kappa shape index (κ3) is 4.41. The normalized spacial score (nSPS) is 10.4. The van der Waals surface area contributed by atoms with Crippen LogP contribution in [0.5, 0.6) is 0 Å². The molecule has 0 fully saturated rings. The molecule has 1 aromatic carbocycles. The summed E-state index contributed by atoms with van der Waals surface area (Å²) in [6.07, 6.45) is 3.27. The Morgan fingerprint density at radius 2 is 1.89 bits per heavy atom. The van der Waals surface area contributed by atoms with Crippen LogP contribution in [-0.2, 0) is 0 Å². The number of carbonyl (C=O) groups excluding carboxylic acids is 1. The van der Waals surface area contributed by atoms with Crippen LogP contribution in [0.1, 0.15) is 36.0 Å². The van der Waals surface area contributed by atoms with E-state index in [9.17, 15) is 13.6 Å². The molecule has 0 spiro atoms. The molecule has 0 aliphatic rings. The number of amides is 1. The molecule has 0 aromatic heterocycles. The van der Waals surface area contributed by atoms with Crippen LogP contribution in [0.15, 0.2) is 18.2 Å². The standard InChI is InChI=1S/C13H17F2NO2/c14-11-7-5-6-10(12(11)15)13(18)16-8-3-1-2-4-9-17/h5-7,17H,1-4,8-9H2,(H,16,18). The van der Waals surface area contributed by atoms with Crippen molar-refractivity contribution in [2.24, 2.45) is 0 Å². The molecular formula is C13H17F2NO2. The highest BCUT2D eigenvalue weighted by Gasteiger charge is 2.13. The van der Waals surface area contributed by atoms with Crippen molar-refractivity contribution in [2.75, 3.05) is 13.2 Å². The van der Waals surface area contributed by atoms with Crippen LogP contribution in [-0.4, -0.2) is 24.2 Å². The number of hydrogen-bond acceptors (Lipinski definition) is 2. The summed E-state index contributed by atoms with van der Waals surface area (Å²) in [5, 5.41) is 11.1. The van der Waals surface area contributed by atoms with Gasteiger partial charge in [-0.2, -0.15) is 0 Å². The topological polar surface area (TPSA) is 49.3 Å². The van der Waals surface area contributed by atoms with Gasteiger partial charge in [0.15, 0.2) is 11.6 Å². The number of nitrogens with one attached hydrogen (secondary N) is 1. The lowest BCUT2D eigenvalue weighted by Gasteiger charge is -2.06. The van der Waals surface area contributed by atoms with Gasteiger partial charge in [-0.3, -0.25) is 4.79 Å². The summed E-state index contributed by atoms with van der Waals surface area (Å²) in [6, 6.07) is 3.52. The quantitative estimate of drug-likeness (QED) is 0.736. The van der Waals surface area contributed by atoms with Crippen LogP contribution in [0.3, 0.4) is 0 Å². The number of hydrogen-bond donors (Lipinski definition) is 2. The number of rotatable bonds is 7. The maximum atomic E-state index is 13.3. The molecule has 1 amide bonds. The van der Waals surface area contributed by atoms with Crippen molar-refractivity contribution in [3.8, 4) is 0 Å². The van der Waals surface area contributed by atoms with Crippen molar-refractivity contribution in [1.82, 2.24) is 5.32 Å². The molecule has 0 radical (unpaired) electrons. The summed E-state index contributed by atoms with van der Waals surface area (Å²) in [6.45, 7) is 0.584. The molecule has 0 saturated heterocycles. The first-order valence-electron chi connectivity index (χ1n) is 6.00. The molecule has 1 rings (SSSR count). The Labute approximate surface area is 105 Å². The molecule has 0 aliphatic heterocycles. The van der Waals surface area contributed by atoms with Gasteiger partial charge >= 0.3 is 0 Å². The fourth-order valence-corrected chi connectivity index (χ4v) is 1.57. The van der Waals surface area contributed by atoms with Gasteiger partial charge in [0.25, 0.3) is 5.91 Å². The number of unbranched alkanes of at least 4 members (excludes halogenated alkanes) is 3. The van der Waals surface area contributed by atoms with Crippen LogP contribution in [0.2, 0.25) is 0 Å². The summed E-state index contributed by atoms with van der Waals surface area (Å²) in [7, 11) is 0. The Hall–Kier alpha value is -1.49. The molecular weight excluding hydrogens is 240 g/mol. The molecule has 0 bridgehead atoms. The average molecular weight is 257 g/mol. The smallest absolute Gasteiger partial charge is 0.254 e. The summed E-state index contributed by atoms with van der Waals surface area (Å²) < 4.78 is 26.2. The molecule has 1 aromatic rings. The minimum Gasteiger partial charge on any atom is -0.396 e. The Morgan fingerprint density at radius 3 is 2.61 bits per heavy atom. The fourth-order valence-electron chi connectivity index (χ4n) is 1.57. The van der Waals surface area contributed by atoms with E-state index in [-0.39, 0.29) is 12.2 Å². The van der Waals surface area contributed by atoms with Crippen molar-refractivity contribution in [3.63, 3.8) is 0 Å². The Kier molecular flexibility index (Phi) is 6.28. The van der Waals surface area contributed by atoms with Gasteiger partial charge in [-0.1, -0.05) is 18.9 Å². The van der Waals surface area contributed by atoms with Crippen molar-refractivity contribution in [2.45, 2.75) is 25.7 Å². The van der Waals surface area contributed by atoms with E-state index in [1.54, 1.807) is 0 Å². The second-order valence-corrected chi connectivity index (χ2v) is 4.00. The minimum absolute atomic E-state index is 0.168. The van der Waals surface area contributed by atoms with Gasteiger partial charge in [-0.05, 0) is 25.0 Å². The highest BCUT2D eigenvalue weighted by molar-refractivity contribution is 5.94. The SMILES string of the molecule is O=C(NCCCCCCO)c1cccc(F)c1F. The molecule has 100 valence electrons. The van der Waals surface area contributed by atoms with Gasteiger partial charge in [0.1, 0.15) is 0 Å². The average Bonchev–Trinajstić information content (AvgIpc) is 2.36. The predicted octanol–water partition coefficient (Wildman–Crippen LogP) is 2.25. The third-order valence-corrected chi connectivity index (χ3v) is 2.57. The highest BCUT2D eigenvalue weighted by Crippen LogP contribution is 2.11. The van der Waals surface area contributed by atoms with E-state index in [1.807, 2.05) is 0 Å². The molecule has 0 atom stereocenters. The first-order valence-corrected chi connectivity index (χ1v) is 6.00. The second kappa shape index (κ2) is 7.76. The number of aliphatic hydroxyl groups is 1. The Morgan fingerprint density at radius 1 is 1.17 bits per heavy atom. The van der Waals surface area contributed by atoms with Crippen LogP contribution in [0, 0.1) is 11.6 Å². The maximum Gasteiger partial charge on any atom is 0.254 e. The molecule has 0 heterocycles. The van der Waals surface area contributed by atoms with Gasteiger partial charge in [-0.25, -0.2) is 8.78 Å². The van der Waals surface area contributed by atoms with Gasteiger partial charge in [0.2, 0.25) is 0 Å². The van der Waals surface area contributed by atoms with Crippen LogP contribution < -0.4 is 5.32 Å². The summed E-state index contributed by atoms with van der Waals surface area (Å²) >= 11 is 0. The van der Waals surface area contributed by atoms with E-state index in [0.717, 1.165) is 31.7 Å². The lowest BCUT2D eigenvalue weighted by Crippen LogP contribution is -2.25. The molecule has 3 nitrogen and oxygen atoms in total. The third-order valence-electron chi connectivity index (χ3n) is 2.57. The molecule has 5 heteroatoms. The highest BCUT2D eigenvalue weighted by atomic mass is 19.2. The Balaban J connectivity index is 2.35. The van der Waals surface area contributed by atoms with E-state index in [0.29, 0.717) is 6.54 Å². The number of benzene rings is 1. The molecule has 18 heavy (non-hydrogen) atoms. The van der Waals surface area contributed by atoms with E-state index < -0.39 is 17.5 Å². The molecule has 0 aliphatic carbocycles. The lowest BCUT2D eigenvalue weighted by atomic mass is 10.1. The van der Waals surface area contributed by atoms with E-state index in [1.165, 1.54) is 12.1 Å². The van der Waals surface area contributed by atoms with Crippen molar-refractivity contribution in [3.05, 3.63) is 35.4 Å². The molecule has 2 N–H and O–H groups in total. The van der Waals surface area contributed by atoms with Crippen LogP contribution in [0.25, 0.3) is 0 Å². The fraction of sp³-hybridized carbons (Fsp3) is 0.462. The monoisotopic (exact) mass is 257 g/mol. The zero-order chi connectivity index (χ0) is 13.4. The Bertz CT molecular complexity index is 397. The minimum atomic E-state index is -1.12. The first-order chi connectivity index (χ1) is 8.66. The maximum absolute atomic E-state index is 13.3. The number of halogens is 2. The van der Waals surface area contributed by atoms with Crippen molar-refractivity contribution in [1.29, 1.82) is 0 Å². The van der Waals surface area contributed by atoms with Crippen LogP contribution >= 0.6 is 0 Å². The first kappa shape index (κ1) is 14.6. The van der Waals surface area contributed by atoms with Gasteiger partial charge in [-0.15, -0.1) is 0 Å². The second-order valence-electron chi connectivity index (χ2n) is 4.00. The summed E-state index contributed by atoms with van der Waals surface area (Å²) in [5.41, 5.74) is -0.273. The van der Waals surface area contributed by atoms with Crippen molar-refractivity contribution < 1.29 is 18.7 Å². The van der Waals surface area contributed by atoms with E-state index >= 15 is 0 Å². The van der Waals surface area contributed by atoms with E-state index in [2.05, 4.69) is 5.32 Å². The zero-order valence-corrected chi connectivity index (χ0v) is 10.1. The largest absolute Gasteiger partial charge is 0.396 e. The molecule has 0 unspecified atom stereocenters. The summed E-state index contributed by atoms with van der Waals surface area (Å²) in [5.74, 6) is -2.74. The molecule has 0 saturated carbocycles.